The van der Waals surface area contributed by atoms with E-state index in [-0.39, 0.29) is 18.3 Å². The summed E-state index contributed by atoms with van der Waals surface area (Å²) < 4.78 is 0. The summed E-state index contributed by atoms with van der Waals surface area (Å²) in [7, 11) is 0. The molecule has 0 aliphatic rings. The standard InChI is InChI=1S/C17H19N9O3/c18-11(16(28)29)7-23-15(27)8-1-3-9(4-2-8)21-5-10-6-22-14-12(24-10)13(19)25-17(20)26-14/h1-4,6,11,21H,5,7,18H2,(H,23,27)(H,28,29)(H4,19,20,22,25,26). The number of carboxylic acids is 1. The summed E-state index contributed by atoms with van der Waals surface area (Å²) in [5.74, 6) is -1.41. The zero-order chi connectivity index (χ0) is 21.0. The molecule has 0 spiro atoms. The normalized spacial score (nSPS) is 11.8. The Balaban J connectivity index is 1.61. The summed E-state index contributed by atoms with van der Waals surface area (Å²) in [6.45, 7) is 0.194. The van der Waals surface area contributed by atoms with Crippen LogP contribution >= 0.6 is 0 Å². The molecule has 2 heterocycles. The van der Waals surface area contributed by atoms with Crippen molar-refractivity contribution in [2.75, 3.05) is 23.3 Å². The van der Waals surface area contributed by atoms with Crippen LogP contribution in [0.25, 0.3) is 11.2 Å². The zero-order valence-corrected chi connectivity index (χ0v) is 15.2. The Morgan fingerprint density at radius 1 is 1.10 bits per heavy atom. The molecule has 2 aromatic heterocycles. The first-order chi connectivity index (χ1) is 13.8. The zero-order valence-electron chi connectivity index (χ0n) is 15.2. The fraction of sp³-hybridized carbons (Fsp3) is 0.176. The van der Waals surface area contributed by atoms with Crippen LogP contribution in [0.2, 0.25) is 0 Å². The number of carbonyl (C=O) groups excluding carboxylic acids is 1. The van der Waals surface area contributed by atoms with E-state index in [0.29, 0.717) is 29.0 Å². The summed E-state index contributed by atoms with van der Waals surface area (Å²) in [5.41, 5.74) is 19.1. The second kappa shape index (κ2) is 8.31. The third-order valence-electron chi connectivity index (χ3n) is 3.92. The number of rotatable bonds is 7. The lowest BCUT2D eigenvalue weighted by molar-refractivity contribution is -0.138. The average Bonchev–Trinajstić information content (AvgIpc) is 2.70. The van der Waals surface area contributed by atoms with Crippen molar-refractivity contribution in [3.05, 3.63) is 41.7 Å². The number of anilines is 3. The summed E-state index contributed by atoms with van der Waals surface area (Å²) >= 11 is 0. The van der Waals surface area contributed by atoms with Gasteiger partial charge in [-0.2, -0.15) is 9.97 Å². The molecule has 0 fully saturated rings. The number of carboxylic acid groups (broad SMARTS) is 1. The topological polar surface area (TPSA) is 208 Å². The first kappa shape index (κ1) is 19.7. The van der Waals surface area contributed by atoms with E-state index in [1.54, 1.807) is 30.5 Å². The lowest BCUT2D eigenvalue weighted by Gasteiger charge is -2.10. The van der Waals surface area contributed by atoms with Gasteiger partial charge in [-0.05, 0) is 24.3 Å². The number of carbonyl (C=O) groups is 2. The molecule has 1 unspecified atom stereocenters. The van der Waals surface area contributed by atoms with Crippen LogP contribution in [0, 0.1) is 0 Å². The van der Waals surface area contributed by atoms with Gasteiger partial charge >= 0.3 is 5.97 Å². The number of hydrogen-bond donors (Lipinski definition) is 6. The van der Waals surface area contributed by atoms with Gasteiger partial charge in [0.25, 0.3) is 5.91 Å². The Bertz CT molecular complexity index is 1060. The fourth-order valence-electron chi connectivity index (χ4n) is 2.39. The van der Waals surface area contributed by atoms with E-state index in [9.17, 15) is 9.59 Å². The van der Waals surface area contributed by atoms with E-state index in [2.05, 4.69) is 30.6 Å². The van der Waals surface area contributed by atoms with E-state index >= 15 is 0 Å². The molecule has 0 radical (unpaired) electrons. The van der Waals surface area contributed by atoms with Crippen molar-refractivity contribution in [2.24, 2.45) is 5.73 Å². The Hall–Kier alpha value is -4.06. The van der Waals surface area contributed by atoms with Crippen LogP contribution in [0.15, 0.2) is 30.5 Å². The van der Waals surface area contributed by atoms with Gasteiger partial charge in [0.05, 0.1) is 18.4 Å². The number of nitrogens with one attached hydrogen (secondary N) is 2. The van der Waals surface area contributed by atoms with Gasteiger partial charge in [-0.1, -0.05) is 0 Å². The van der Waals surface area contributed by atoms with Crippen LogP contribution in [0.3, 0.4) is 0 Å². The number of nitrogen functional groups attached to an aromatic ring is 2. The van der Waals surface area contributed by atoms with Crippen molar-refractivity contribution in [3.63, 3.8) is 0 Å². The maximum Gasteiger partial charge on any atom is 0.322 e. The smallest absolute Gasteiger partial charge is 0.322 e. The quantitative estimate of drug-likeness (QED) is 0.295. The predicted molar refractivity (Wildman–Crippen MR) is 106 cm³/mol. The largest absolute Gasteiger partial charge is 0.480 e. The maximum absolute atomic E-state index is 12.0. The minimum atomic E-state index is -1.18. The van der Waals surface area contributed by atoms with E-state index in [1.807, 2.05) is 0 Å². The Morgan fingerprint density at radius 3 is 2.52 bits per heavy atom. The van der Waals surface area contributed by atoms with E-state index < -0.39 is 17.9 Å². The maximum atomic E-state index is 12.0. The highest BCUT2D eigenvalue weighted by molar-refractivity contribution is 5.94. The number of hydrogen-bond acceptors (Lipinski definition) is 10. The predicted octanol–water partition coefficient (Wildman–Crippen LogP) is -0.662. The third-order valence-corrected chi connectivity index (χ3v) is 3.92. The van der Waals surface area contributed by atoms with Crippen LogP contribution in [-0.4, -0.2) is 49.5 Å². The molecule has 29 heavy (non-hydrogen) atoms. The van der Waals surface area contributed by atoms with Gasteiger partial charge < -0.3 is 32.9 Å². The lowest BCUT2D eigenvalue weighted by atomic mass is 10.2. The number of aliphatic carboxylic acids is 1. The molecule has 0 aliphatic carbocycles. The van der Waals surface area contributed by atoms with Gasteiger partial charge in [0, 0.05) is 17.8 Å². The molecule has 0 aliphatic heterocycles. The van der Waals surface area contributed by atoms with E-state index in [4.69, 9.17) is 22.3 Å². The lowest BCUT2D eigenvalue weighted by Crippen LogP contribution is -2.42. The molecule has 0 bridgehead atoms. The second-order valence-electron chi connectivity index (χ2n) is 6.09. The molecule has 1 atom stereocenters. The monoisotopic (exact) mass is 397 g/mol. The fourth-order valence-corrected chi connectivity index (χ4v) is 2.39. The van der Waals surface area contributed by atoms with Gasteiger partial charge in [-0.25, -0.2) is 9.97 Å². The molecule has 1 aromatic carbocycles. The third kappa shape index (κ3) is 4.81. The van der Waals surface area contributed by atoms with Gasteiger partial charge in [0.15, 0.2) is 17.0 Å². The molecule has 1 amide bonds. The Labute approximate surface area is 164 Å². The molecule has 0 saturated heterocycles. The Morgan fingerprint density at radius 2 is 1.83 bits per heavy atom. The average molecular weight is 397 g/mol. The summed E-state index contributed by atoms with van der Waals surface area (Å²) in [6.07, 6.45) is 1.55. The van der Waals surface area contributed by atoms with Crippen LogP contribution in [0.4, 0.5) is 17.5 Å². The van der Waals surface area contributed by atoms with Crippen LogP contribution < -0.4 is 27.8 Å². The summed E-state index contributed by atoms with van der Waals surface area (Å²) in [6, 6.07) is 5.46. The first-order valence-electron chi connectivity index (χ1n) is 8.48. The first-order valence-corrected chi connectivity index (χ1v) is 8.48. The van der Waals surface area contributed by atoms with Crippen LogP contribution in [0.5, 0.6) is 0 Å². The van der Waals surface area contributed by atoms with Crippen LogP contribution in [-0.2, 0) is 11.3 Å². The van der Waals surface area contributed by atoms with E-state index in [0.717, 1.165) is 5.69 Å². The number of fused-ring (bicyclic) bond motifs is 1. The molecule has 150 valence electrons. The number of amides is 1. The van der Waals surface area contributed by atoms with Crippen molar-refractivity contribution in [1.29, 1.82) is 0 Å². The highest BCUT2D eigenvalue weighted by Crippen LogP contribution is 2.16. The Kier molecular flexibility index (Phi) is 5.64. The van der Waals surface area contributed by atoms with Crippen LogP contribution in [0.1, 0.15) is 16.1 Å². The molecule has 3 rings (SSSR count). The molecule has 3 aromatic rings. The second-order valence-corrected chi connectivity index (χ2v) is 6.09. The highest BCUT2D eigenvalue weighted by atomic mass is 16.4. The van der Waals surface area contributed by atoms with E-state index in [1.165, 1.54) is 0 Å². The minimum absolute atomic E-state index is 0.0317. The van der Waals surface area contributed by atoms with Crippen molar-refractivity contribution in [2.45, 2.75) is 12.6 Å². The molecular formula is C17H19N9O3. The summed E-state index contributed by atoms with van der Waals surface area (Å²) in [5, 5.41) is 14.3. The molecule has 12 heteroatoms. The highest BCUT2D eigenvalue weighted by Gasteiger charge is 2.13. The SMILES string of the molecule is Nc1nc(N)c2nc(CNc3ccc(C(=O)NCC(N)C(=O)O)cc3)cnc2n1. The van der Waals surface area contributed by atoms with Gasteiger partial charge in [0.2, 0.25) is 5.95 Å². The number of nitrogens with two attached hydrogens (primary N) is 3. The van der Waals surface area contributed by atoms with Crippen molar-refractivity contribution in [1.82, 2.24) is 25.3 Å². The molecular weight excluding hydrogens is 378 g/mol. The van der Waals surface area contributed by atoms with Crippen molar-refractivity contribution < 1.29 is 14.7 Å². The minimum Gasteiger partial charge on any atom is -0.480 e. The van der Waals surface area contributed by atoms with Gasteiger partial charge in [-0.3, -0.25) is 9.59 Å². The number of nitrogens with zero attached hydrogens (tertiary/aromatic N) is 4. The summed E-state index contributed by atoms with van der Waals surface area (Å²) in [4.78, 5) is 39.1. The van der Waals surface area contributed by atoms with Gasteiger partial charge in [0.1, 0.15) is 6.04 Å². The number of benzene rings is 1. The van der Waals surface area contributed by atoms with Crippen molar-refractivity contribution in [3.8, 4) is 0 Å². The van der Waals surface area contributed by atoms with Gasteiger partial charge in [-0.15, -0.1) is 0 Å². The van der Waals surface area contributed by atoms with Crippen molar-refractivity contribution >= 4 is 40.5 Å². The molecule has 9 N–H and O–H groups in total. The molecule has 0 saturated carbocycles. The number of aromatic nitrogens is 4. The molecule has 12 nitrogen and oxygen atoms in total.